The topological polar surface area (TPSA) is 63.7 Å². The van der Waals surface area contributed by atoms with Crippen molar-refractivity contribution < 1.29 is 17.9 Å². The number of carbonyl (C=O) groups excluding carboxylic acids is 1. The third kappa shape index (κ3) is 4.33. The Hall–Kier alpha value is -2.05. The minimum absolute atomic E-state index is 0.100. The Balaban J connectivity index is 1.95. The van der Waals surface area contributed by atoms with E-state index in [9.17, 15) is 13.2 Å². The molecule has 0 spiro atoms. The first kappa shape index (κ1) is 20.7. The molecule has 1 heterocycles. The third-order valence-corrected chi connectivity index (χ3v) is 6.19. The zero-order valence-corrected chi connectivity index (χ0v) is 18.0. The first-order valence-electron chi connectivity index (χ1n) is 9.10. The molecule has 0 atom stereocenters. The number of sulfone groups is 1. The van der Waals surface area contributed by atoms with Crippen molar-refractivity contribution in [3.63, 3.8) is 0 Å². The largest absolute Gasteiger partial charge is 0.492 e. The smallest absolute Gasteiger partial charge is 0.258 e. The average molecular weight is 422 g/mol. The summed E-state index contributed by atoms with van der Waals surface area (Å²) < 4.78 is 29.8. The van der Waals surface area contributed by atoms with Gasteiger partial charge in [0, 0.05) is 24.4 Å². The maximum Gasteiger partial charge on any atom is 0.258 e. The second-order valence-electron chi connectivity index (χ2n) is 7.67. The Morgan fingerprint density at radius 2 is 1.82 bits per heavy atom. The van der Waals surface area contributed by atoms with Crippen molar-refractivity contribution >= 4 is 27.3 Å². The van der Waals surface area contributed by atoms with Gasteiger partial charge < -0.3 is 9.64 Å². The van der Waals surface area contributed by atoms with Crippen LogP contribution in [0.15, 0.2) is 35.2 Å². The van der Waals surface area contributed by atoms with Gasteiger partial charge >= 0.3 is 0 Å². The number of nitrogens with zero attached hydrogens (tertiary/aromatic N) is 1. The van der Waals surface area contributed by atoms with E-state index < -0.39 is 9.84 Å². The number of carbonyl (C=O) groups is 1. The summed E-state index contributed by atoms with van der Waals surface area (Å²) in [5.41, 5.74) is 3.29. The van der Waals surface area contributed by atoms with E-state index in [2.05, 4.69) is 0 Å². The van der Waals surface area contributed by atoms with Gasteiger partial charge in [0.1, 0.15) is 5.75 Å². The van der Waals surface area contributed by atoms with Gasteiger partial charge in [-0.25, -0.2) is 8.42 Å². The maximum absolute atomic E-state index is 13.2. The normalized spacial score (nSPS) is 13.7. The lowest BCUT2D eigenvalue weighted by Crippen LogP contribution is -2.26. The minimum Gasteiger partial charge on any atom is -0.492 e. The zero-order valence-electron chi connectivity index (χ0n) is 16.5. The van der Waals surface area contributed by atoms with Crippen molar-refractivity contribution in [3.8, 4) is 5.75 Å². The summed E-state index contributed by atoms with van der Waals surface area (Å²) >= 11 is 6.21. The van der Waals surface area contributed by atoms with E-state index in [-0.39, 0.29) is 22.3 Å². The van der Waals surface area contributed by atoms with Crippen molar-refractivity contribution in [2.45, 2.75) is 38.8 Å². The number of hydrogen-bond donors (Lipinski definition) is 0. The molecule has 0 aliphatic carbocycles. The van der Waals surface area contributed by atoms with Gasteiger partial charge in [0.05, 0.1) is 17.1 Å². The quantitative estimate of drug-likeness (QED) is 0.724. The second-order valence-corrected chi connectivity index (χ2v) is 10.1. The summed E-state index contributed by atoms with van der Waals surface area (Å²) in [5, 5.41) is 0.674. The Kier molecular flexibility index (Phi) is 5.73. The predicted molar refractivity (Wildman–Crippen MR) is 110 cm³/mol. The molecule has 28 heavy (non-hydrogen) atoms. The molecule has 0 radical (unpaired) electrons. The Bertz CT molecular complexity index is 1000. The summed E-state index contributed by atoms with van der Waals surface area (Å²) in [5.74, 6) is 0.421. The fourth-order valence-corrected chi connectivity index (χ4v) is 3.98. The van der Waals surface area contributed by atoms with Gasteiger partial charge in [0.2, 0.25) is 0 Å². The van der Waals surface area contributed by atoms with Crippen LogP contribution in [0.2, 0.25) is 5.02 Å². The van der Waals surface area contributed by atoms with Crippen LogP contribution in [0, 0.1) is 12.8 Å². The molecule has 5 nitrogen and oxygen atoms in total. The lowest BCUT2D eigenvalue weighted by Gasteiger charge is -2.19. The summed E-state index contributed by atoms with van der Waals surface area (Å²) in [7, 11) is -3.44. The molecule has 0 saturated heterocycles. The summed E-state index contributed by atoms with van der Waals surface area (Å²) in [6.45, 7) is 7.28. The van der Waals surface area contributed by atoms with Gasteiger partial charge in [-0.1, -0.05) is 31.5 Å². The highest BCUT2D eigenvalue weighted by Gasteiger charge is 2.28. The third-order valence-electron chi connectivity index (χ3n) is 4.67. The van der Waals surface area contributed by atoms with Gasteiger partial charge in [-0.3, -0.25) is 4.79 Å². The molecule has 1 aliphatic heterocycles. The summed E-state index contributed by atoms with van der Waals surface area (Å²) in [4.78, 5) is 15.0. The van der Waals surface area contributed by atoms with Crippen LogP contribution in [0.25, 0.3) is 0 Å². The van der Waals surface area contributed by atoms with Crippen molar-refractivity contribution in [2.75, 3.05) is 12.9 Å². The van der Waals surface area contributed by atoms with E-state index in [0.717, 1.165) is 22.9 Å². The van der Waals surface area contributed by atoms with Gasteiger partial charge in [-0.2, -0.15) is 0 Å². The van der Waals surface area contributed by atoms with Crippen LogP contribution >= 0.6 is 11.6 Å². The monoisotopic (exact) mass is 421 g/mol. The van der Waals surface area contributed by atoms with E-state index in [1.807, 2.05) is 32.9 Å². The van der Waals surface area contributed by atoms with E-state index >= 15 is 0 Å². The molecule has 1 amide bonds. The molecular formula is C21H24ClNO4S. The molecule has 2 aromatic rings. The average Bonchev–Trinajstić information content (AvgIpc) is 3.01. The van der Waals surface area contributed by atoms with Crippen molar-refractivity contribution in [2.24, 2.45) is 5.92 Å². The maximum atomic E-state index is 13.2. The molecule has 2 aromatic carbocycles. The number of hydrogen-bond acceptors (Lipinski definition) is 4. The van der Waals surface area contributed by atoms with Crippen LogP contribution < -0.4 is 4.74 Å². The highest BCUT2D eigenvalue weighted by molar-refractivity contribution is 7.90. The molecule has 7 heteroatoms. The number of halogens is 1. The van der Waals surface area contributed by atoms with Crippen LogP contribution in [0.1, 0.15) is 40.9 Å². The minimum atomic E-state index is -3.44. The predicted octanol–water partition coefficient (Wildman–Crippen LogP) is 4.24. The number of amides is 1. The van der Waals surface area contributed by atoms with Crippen LogP contribution in [-0.4, -0.2) is 32.1 Å². The molecule has 1 aliphatic rings. The fraction of sp³-hybridized carbons (Fsp3) is 0.381. The molecule has 0 unspecified atom stereocenters. The molecule has 0 N–H and O–H groups in total. The van der Waals surface area contributed by atoms with Gasteiger partial charge in [0.15, 0.2) is 9.84 Å². The standard InChI is InChI=1S/C21H24ClNO4S/c1-13(2)12-27-20-6-5-17(28(4,25)26)9-18(20)21(24)23-10-15-7-14(3)19(22)8-16(15)11-23/h5-9,13H,10-12H2,1-4H3. The van der Waals surface area contributed by atoms with E-state index in [0.29, 0.717) is 30.5 Å². The summed E-state index contributed by atoms with van der Waals surface area (Å²) in [6.07, 6.45) is 1.13. The second kappa shape index (κ2) is 7.76. The van der Waals surface area contributed by atoms with E-state index in [4.69, 9.17) is 16.3 Å². The fourth-order valence-electron chi connectivity index (χ4n) is 3.15. The molecule has 0 bridgehead atoms. The van der Waals surface area contributed by atoms with Crippen LogP contribution in [0.3, 0.4) is 0 Å². The lowest BCUT2D eigenvalue weighted by atomic mass is 10.1. The van der Waals surface area contributed by atoms with E-state index in [1.165, 1.54) is 12.1 Å². The Morgan fingerprint density at radius 3 is 2.43 bits per heavy atom. The molecule has 3 rings (SSSR count). The highest BCUT2D eigenvalue weighted by Crippen LogP contribution is 2.32. The lowest BCUT2D eigenvalue weighted by molar-refractivity contribution is 0.0746. The number of ether oxygens (including phenoxy) is 1. The molecule has 150 valence electrons. The van der Waals surface area contributed by atoms with Crippen molar-refractivity contribution in [1.29, 1.82) is 0 Å². The van der Waals surface area contributed by atoms with Crippen LogP contribution in [-0.2, 0) is 22.9 Å². The van der Waals surface area contributed by atoms with Gasteiger partial charge in [0.25, 0.3) is 5.91 Å². The Labute approximate surface area is 171 Å². The number of rotatable bonds is 5. The van der Waals surface area contributed by atoms with Crippen molar-refractivity contribution in [3.05, 3.63) is 57.6 Å². The van der Waals surface area contributed by atoms with Crippen molar-refractivity contribution in [1.82, 2.24) is 4.90 Å². The molecule has 0 saturated carbocycles. The van der Waals surface area contributed by atoms with Gasteiger partial charge in [-0.05, 0) is 53.8 Å². The first-order chi connectivity index (χ1) is 13.1. The number of benzene rings is 2. The molecule has 0 aromatic heterocycles. The first-order valence-corrected chi connectivity index (χ1v) is 11.4. The zero-order chi connectivity index (χ0) is 20.6. The Morgan fingerprint density at radius 1 is 1.18 bits per heavy atom. The number of aryl methyl sites for hydroxylation is 1. The van der Waals surface area contributed by atoms with Gasteiger partial charge in [-0.15, -0.1) is 0 Å². The molecule has 0 fully saturated rings. The van der Waals surface area contributed by atoms with E-state index in [1.54, 1.807) is 11.0 Å². The van der Waals surface area contributed by atoms with Crippen LogP contribution in [0.5, 0.6) is 5.75 Å². The van der Waals surface area contributed by atoms with Crippen LogP contribution in [0.4, 0.5) is 0 Å². The molecular weight excluding hydrogens is 398 g/mol. The number of fused-ring (bicyclic) bond motifs is 1. The summed E-state index contributed by atoms with van der Waals surface area (Å²) in [6, 6.07) is 8.34. The SMILES string of the molecule is Cc1cc2c(cc1Cl)CN(C(=O)c1cc(S(C)(=O)=O)ccc1OCC(C)C)C2. The highest BCUT2D eigenvalue weighted by atomic mass is 35.5.